The molecule has 15 heavy (non-hydrogen) atoms. The zero-order chi connectivity index (χ0) is 12.1. The van der Waals surface area contributed by atoms with Crippen LogP contribution in [0.2, 0.25) is 0 Å². The van der Waals surface area contributed by atoms with Crippen molar-refractivity contribution in [2.45, 2.75) is 0 Å². The molecule has 84 valence electrons. The van der Waals surface area contributed by atoms with Gasteiger partial charge in [-0.1, -0.05) is 12.1 Å². The summed E-state index contributed by atoms with van der Waals surface area (Å²) in [6.07, 6.45) is 0.715. The highest BCUT2D eigenvalue weighted by Gasteiger charge is 2.05. The Morgan fingerprint density at radius 1 is 1.27 bits per heavy atom. The molecule has 0 radical (unpaired) electrons. The van der Waals surface area contributed by atoms with Gasteiger partial charge in [-0.2, -0.15) is 8.42 Å². The lowest BCUT2D eigenvalue weighted by atomic mass is 10.2. The monoisotopic (exact) mass is 234 g/mol. The molecule has 0 unspecified atom stereocenters. The third kappa shape index (κ3) is 7.47. The molecular formula is C8H10O6S. The normalized spacial score (nSPS) is 10.0. The average Bonchev–Trinajstić information content (AvgIpc) is 2.01. The maximum atomic E-state index is 10.3. The molecule has 7 heteroatoms. The van der Waals surface area contributed by atoms with E-state index in [-0.39, 0.29) is 11.3 Å². The van der Waals surface area contributed by atoms with E-state index < -0.39 is 16.1 Å². The predicted molar refractivity (Wildman–Crippen MR) is 52.5 cm³/mol. The number of phenols is 1. The third-order valence-electron chi connectivity index (χ3n) is 1.13. The van der Waals surface area contributed by atoms with Crippen molar-refractivity contribution >= 4 is 16.1 Å². The van der Waals surface area contributed by atoms with Crippen molar-refractivity contribution in [3.05, 3.63) is 29.8 Å². The Kier molecular flexibility index (Phi) is 4.75. The second-order valence-electron chi connectivity index (χ2n) is 2.56. The number of aromatic hydroxyl groups is 1. The van der Waals surface area contributed by atoms with Gasteiger partial charge in [0.2, 0.25) is 0 Å². The summed E-state index contributed by atoms with van der Waals surface area (Å²) < 4.78 is 25.9. The minimum absolute atomic E-state index is 0.0671. The van der Waals surface area contributed by atoms with Crippen LogP contribution >= 0.6 is 0 Å². The molecule has 0 saturated carbocycles. The maximum absolute atomic E-state index is 10.3. The smallest absolute Gasteiger partial charge is 0.339 e. The molecule has 3 N–H and O–H groups in total. The summed E-state index contributed by atoms with van der Waals surface area (Å²) in [5.41, 5.74) is -0.0671. The van der Waals surface area contributed by atoms with Crippen LogP contribution in [-0.2, 0) is 10.1 Å². The predicted octanol–water partition coefficient (Wildman–Crippen LogP) is 0.594. The van der Waals surface area contributed by atoms with E-state index in [9.17, 15) is 13.2 Å². The Bertz CT molecular complexity index is 428. The van der Waals surface area contributed by atoms with Gasteiger partial charge in [-0.05, 0) is 12.1 Å². The molecule has 0 saturated heterocycles. The first-order valence-corrected chi connectivity index (χ1v) is 5.50. The van der Waals surface area contributed by atoms with E-state index in [4.69, 9.17) is 14.8 Å². The molecule has 1 rings (SSSR count). The van der Waals surface area contributed by atoms with Crippen molar-refractivity contribution in [3.63, 3.8) is 0 Å². The highest BCUT2D eigenvalue weighted by atomic mass is 32.2. The molecule has 1 aromatic rings. The topological polar surface area (TPSA) is 112 Å². The Morgan fingerprint density at radius 3 is 1.93 bits per heavy atom. The molecule has 6 nitrogen and oxygen atoms in total. The molecule has 0 fully saturated rings. The van der Waals surface area contributed by atoms with Crippen LogP contribution in [0.4, 0.5) is 0 Å². The number of para-hydroxylation sites is 1. The van der Waals surface area contributed by atoms with Crippen LogP contribution in [0, 0.1) is 0 Å². The van der Waals surface area contributed by atoms with Gasteiger partial charge in [-0.3, -0.25) is 4.55 Å². The van der Waals surface area contributed by atoms with Gasteiger partial charge in [0.1, 0.15) is 11.3 Å². The van der Waals surface area contributed by atoms with Gasteiger partial charge >= 0.3 is 5.97 Å². The van der Waals surface area contributed by atoms with Crippen LogP contribution in [0.25, 0.3) is 0 Å². The van der Waals surface area contributed by atoms with E-state index in [1.54, 1.807) is 12.1 Å². The van der Waals surface area contributed by atoms with E-state index in [0.717, 1.165) is 0 Å². The fourth-order valence-corrected chi connectivity index (χ4v) is 0.654. The summed E-state index contributed by atoms with van der Waals surface area (Å²) >= 11 is 0. The largest absolute Gasteiger partial charge is 0.507 e. The summed E-state index contributed by atoms with van der Waals surface area (Å²) in [6, 6.07) is 5.81. The molecule has 0 bridgehead atoms. The fraction of sp³-hybridized carbons (Fsp3) is 0.125. The van der Waals surface area contributed by atoms with E-state index in [1.165, 1.54) is 12.1 Å². The van der Waals surface area contributed by atoms with Gasteiger partial charge in [-0.25, -0.2) is 4.79 Å². The van der Waals surface area contributed by atoms with Crippen LogP contribution in [0.3, 0.4) is 0 Å². The molecule has 0 amide bonds. The minimum atomic E-state index is -3.67. The Labute approximate surface area is 86.5 Å². The second-order valence-corrected chi connectivity index (χ2v) is 4.02. The Balaban J connectivity index is 0.000000336. The average molecular weight is 234 g/mol. The molecule has 1 aromatic carbocycles. The molecule has 0 aromatic heterocycles. The first kappa shape index (κ1) is 13.4. The highest BCUT2D eigenvalue weighted by Crippen LogP contribution is 2.14. The molecular weight excluding hydrogens is 224 g/mol. The summed E-state index contributed by atoms with van der Waals surface area (Å²) in [5, 5.41) is 17.3. The minimum Gasteiger partial charge on any atom is -0.507 e. The van der Waals surface area contributed by atoms with Crippen molar-refractivity contribution in [2.24, 2.45) is 0 Å². The number of carbonyl (C=O) groups is 1. The summed E-state index contributed by atoms with van der Waals surface area (Å²) in [7, 11) is -3.67. The number of aromatic carboxylic acids is 1. The lowest BCUT2D eigenvalue weighted by molar-refractivity contribution is 0.0693. The summed E-state index contributed by atoms with van der Waals surface area (Å²) in [5.74, 6) is -1.31. The van der Waals surface area contributed by atoms with Crippen LogP contribution in [0.5, 0.6) is 5.75 Å². The Morgan fingerprint density at radius 2 is 1.67 bits per heavy atom. The first-order chi connectivity index (χ1) is 6.72. The van der Waals surface area contributed by atoms with Crippen molar-refractivity contribution in [3.8, 4) is 5.75 Å². The van der Waals surface area contributed by atoms with E-state index in [0.29, 0.717) is 6.26 Å². The third-order valence-corrected chi connectivity index (χ3v) is 1.13. The van der Waals surface area contributed by atoms with Crippen LogP contribution in [0.15, 0.2) is 24.3 Å². The SMILES string of the molecule is CS(=O)(=O)O.O=C(O)c1ccccc1O. The summed E-state index contributed by atoms with van der Waals surface area (Å²) in [6.45, 7) is 0. The van der Waals surface area contributed by atoms with E-state index >= 15 is 0 Å². The van der Waals surface area contributed by atoms with Gasteiger partial charge in [0.05, 0.1) is 6.26 Å². The molecule has 0 aliphatic heterocycles. The number of carboxylic acid groups (broad SMARTS) is 1. The standard InChI is InChI=1S/C7H6O3.CH4O3S/c8-6-4-2-1-3-5(6)7(9)10;1-5(2,3)4/h1-4,8H,(H,9,10);1H3,(H,2,3,4). The zero-order valence-corrected chi connectivity index (χ0v) is 8.60. The first-order valence-electron chi connectivity index (χ1n) is 3.65. The van der Waals surface area contributed by atoms with Gasteiger partial charge in [-0.15, -0.1) is 0 Å². The molecule has 0 aliphatic carbocycles. The van der Waals surface area contributed by atoms with E-state index in [1.807, 2.05) is 0 Å². The van der Waals surface area contributed by atoms with Crippen molar-refractivity contribution in [1.29, 1.82) is 0 Å². The number of rotatable bonds is 1. The number of hydrogen-bond acceptors (Lipinski definition) is 4. The quantitative estimate of drug-likeness (QED) is 0.613. The lowest BCUT2D eigenvalue weighted by Gasteiger charge is -1.95. The molecule has 0 atom stereocenters. The maximum Gasteiger partial charge on any atom is 0.339 e. The van der Waals surface area contributed by atoms with Gasteiger partial charge in [0, 0.05) is 0 Å². The van der Waals surface area contributed by atoms with Crippen LogP contribution < -0.4 is 0 Å². The van der Waals surface area contributed by atoms with Crippen LogP contribution in [-0.4, -0.2) is 35.4 Å². The number of carboxylic acids is 1. The lowest BCUT2D eigenvalue weighted by Crippen LogP contribution is -1.95. The van der Waals surface area contributed by atoms with Crippen molar-refractivity contribution in [1.82, 2.24) is 0 Å². The van der Waals surface area contributed by atoms with E-state index in [2.05, 4.69) is 0 Å². The number of hydrogen-bond donors (Lipinski definition) is 3. The van der Waals surface area contributed by atoms with Crippen molar-refractivity contribution < 1.29 is 28.0 Å². The fourth-order valence-electron chi connectivity index (χ4n) is 0.654. The Hall–Kier alpha value is -1.60. The molecule has 0 spiro atoms. The molecule has 0 heterocycles. The second kappa shape index (κ2) is 5.32. The van der Waals surface area contributed by atoms with Crippen molar-refractivity contribution in [2.75, 3.05) is 6.26 Å². The highest BCUT2D eigenvalue weighted by molar-refractivity contribution is 7.85. The van der Waals surface area contributed by atoms with Crippen LogP contribution in [0.1, 0.15) is 10.4 Å². The van der Waals surface area contributed by atoms with Gasteiger partial charge < -0.3 is 10.2 Å². The molecule has 0 aliphatic rings. The summed E-state index contributed by atoms with van der Waals surface area (Å²) in [4.78, 5) is 10.3. The zero-order valence-electron chi connectivity index (χ0n) is 7.78. The van der Waals surface area contributed by atoms with Gasteiger partial charge in [0.15, 0.2) is 0 Å². The van der Waals surface area contributed by atoms with Gasteiger partial charge in [0.25, 0.3) is 10.1 Å². The number of benzene rings is 1.